The average Bonchev–Trinajstić information content (AvgIpc) is 3.20. The van der Waals surface area contributed by atoms with Crippen LogP contribution in [0.1, 0.15) is 50.0 Å². The molecule has 0 fully saturated rings. The predicted molar refractivity (Wildman–Crippen MR) is 148 cm³/mol. The number of aromatic carboxylic acids is 1. The lowest BCUT2D eigenvalue weighted by atomic mass is 10.0. The summed E-state index contributed by atoms with van der Waals surface area (Å²) in [6, 6.07) is 13.4. The Kier molecular flexibility index (Phi) is 8.46. The van der Waals surface area contributed by atoms with Crippen molar-refractivity contribution in [1.82, 2.24) is 9.88 Å². The summed E-state index contributed by atoms with van der Waals surface area (Å²) < 4.78 is 63.1. The van der Waals surface area contributed by atoms with Crippen molar-refractivity contribution < 1.29 is 37.0 Å². The molecule has 2 heterocycles. The highest BCUT2D eigenvalue weighted by atomic mass is 19.1. The molecule has 1 aliphatic heterocycles. The summed E-state index contributed by atoms with van der Waals surface area (Å²) in [5.74, 6) is -7.24. The van der Waals surface area contributed by atoms with Gasteiger partial charge in [-0.3, -0.25) is 9.59 Å². The van der Waals surface area contributed by atoms with Crippen LogP contribution in [0.3, 0.4) is 0 Å². The number of amides is 1. The Hall–Kier alpha value is -5.13. The summed E-state index contributed by atoms with van der Waals surface area (Å²) >= 11 is 0. The Labute approximate surface area is 242 Å². The average molecular weight is 596 g/mol. The molecule has 0 saturated heterocycles. The lowest BCUT2D eigenvalue weighted by Gasteiger charge is -2.24. The maximum absolute atomic E-state index is 14.5. The molecule has 0 saturated carbocycles. The number of carboxylic acids is 1. The molecular formula is C31H25F4N3O5. The van der Waals surface area contributed by atoms with Crippen molar-refractivity contribution in [3.63, 3.8) is 0 Å². The predicted octanol–water partition coefficient (Wildman–Crippen LogP) is 5.21. The van der Waals surface area contributed by atoms with E-state index in [4.69, 9.17) is 4.74 Å². The minimum absolute atomic E-state index is 0.116. The van der Waals surface area contributed by atoms with Gasteiger partial charge in [-0.15, -0.1) is 0 Å². The van der Waals surface area contributed by atoms with Crippen LogP contribution in [-0.2, 0) is 19.6 Å². The number of carbonyl (C=O) groups is 2. The van der Waals surface area contributed by atoms with Crippen LogP contribution in [0.15, 0.2) is 71.7 Å². The van der Waals surface area contributed by atoms with Gasteiger partial charge in [0.2, 0.25) is 5.43 Å². The molecule has 0 radical (unpaired) electrons. The molecular weight excluding hydrogens is 570 g/mol. The third kappa shape index (κ3) is 6.22. The van der Waals surface area contributed by atoms with Crippen molar-refractivity contribution in [2.75, 3.05) is 11.9 Å². The fourth-order valence-corrected chi connectivity index (χ4v) is 4.99. The van der Waals surface area contributed by atoms with Gasteiger partial charge in [0, 0.05) is 48.2 Å². The Morgan fingerprint density at radius 1 is 1.00 bits per heavy atom. The number of nitrogens with one attached hydrogen (secondary N) is 2. The Bertz CT molecular complexity index is 1740. The van der Waals surface area contributed by atoms with E-state index in [1.165, 1.54) is 16.7 Å². The lowest BCUT2D eigenvalue weighted by Crippen LogP contribution is -2.34. The highest BCUT2D eigenvalue weighted by molar-refractivity contribution is 5.96. The molecule has 1 amide bonds. The SMILES string of the molecule is O=C(NCc1c(F)cc(F)cc1F)c1cn(C2CCc3c(F)cccc3NC2)c(C(=O)O)c(OCc2ccccc2)c1=O. The van der Waals surface area contributed by atoms with Crippen molar-refractivity contribution in [2.45, 2.75) is 32.0 Å². The number of aromatic nitrogens is 1. The molecule has 12 heteroatoms. The minimum atomic E-state index is -1.50. The second kappa shape index (κ2) is 12.4. The summed E-state index contributed by atoms with van der Waals surface area (Å²) in [4.78, 5) is 39.4. The third-order valence-corrected chi connectivity index (χ3v) is 7.16. The number of halogens is 4. The first kappa shape index (κ1) is 29.4. The summed E-state index contributed by atoms with van der Waals surface area (Å²) in [6.45, 7) is -0.811. The minimum Gasteiger partial charge on any atom is -0.482 e. The van der Waals surface area contributed by atoms with Crippen LogP contribution in [0.2, 0.25) is 0 Å². The highest BCUT2D eigenvalue weighted by Gasteiger charge is 2.30. The van der Waals surface area contributed by atoms with Gasteiger partial charge in [0.15, 0.2) is 11.4 Å². The van der Waals surface area contributed by atoms with Crippen LogP contribution in [0.4, 0.5) is 23.2 Å². The zero-order valence-corrected chi connectivity index (χ0v) is 22.5. The Balaban J connectivity index is 1.55. The first-order chi connectivity index (χ1) is 20.6. The van der Waals surface area contributed by atoms with Crippen LogP contribution in [0, 0.1) is 23.3 Å². The number of anilines is 1. The standard InChI is InChI=1S/C31H25F4N3O5/c32-18-11-24(34)21(25(35)12-18)14-37-30(40)22-15-38(19-9-10-20-23(33)7-4-8-26(20)36-13-19)27(31(41)42)29(28(22)39)43-16-17-5-2-1-3-6-17/h1-8,11-12,15,19,36H,9-10,13-14,16H2,(H,37,40)(H,41,42). The van der Waals surface area contributed by atoms with Crippen molar-refractivity contribution >= 4 is 17.6 Å². The maximum atomic E-state index is 14.5. The van der Waals surface area contributed by atoms with Crippen LogP contribution in [0.25, 0.3) is 0 Å². The van der Waals surface area contributed by atoms with Gasteiger partial charge in [0.05, 0.1) is 6.04 Å². The molecule has 0 spiro atoms. The molecule has 222 valence electrons. The Morgan fingerprint density at radius 2 is 1.72 bits per heavy atom. The number of carboxylic acid groups (broad SMARTS) is 1. The van der Waals surface area contributed by atoms with E-state index in [9.17, 15) is 37.1 Å². The molecule has 43 heavy (non-hydrogen) atoms. The molecule has 1 unspecified atom stereocenters. The molecule has 3 aromatic carbocycles. The summed E-state index contributed by atoms with van der Waals surface area (Å²) in [7, 11) is 0. The number of carbonyl (C=O) groups excluding carboxylic acids is 1. The van der Waals surface area contributed by atoms with Crippen LogP contribution in [-0.4, -0.2) is 28.1 Å². The monoisotopic (exact) mass is 595 g/mol. The second-order valence-corrected chi connectivity index (χ2v) is 9.91. The molecule has 0 bridgehead atoms. The van der Waals surface area contributed by atoms with E-state index in [0.29, 0.717) is 28.9 Å². The quantitative estimate of drug-likeness (QED) is 0.241. The number of ether oxygens (including phenoxy) is 1. The first-order valence-electron chi connectivity index (χ1n) is 13.3. The van der Waals surface area contributed by atoms with Gasteiger partial charge in [-0.2, -0.15) is 0 Å². The van der Waals surface area contributed by atoms with E-state index >= 15 is 0 Å². The summed E-state index contributed by atoms with van der Waals surface area (Å²) in [5.41, 5.74) is -1.21. The van der Waals surface area contributed by atoms with Gasteiger partial charge >= 0.3 is 5.97 Å². The normalized spacial score (nSPS) is 14.3. The van der Waals surface area contributed by atoms with Gasteiger partial charge in [-0.25, -0.2) is 22.4 Å². The zero-order chi connectivity index (χ0) is 30.7. The molecule has 5 rings (SSSR count). The molecule has 1 aliphatic rings. The molecule has 1 atom stereocenters. The van der Waals surface area contributed by atoms with Crippen molar-refractivity contribution in [3.05, 3.63) is 128 Å². The number of rotatable bonds is 8. The molecule has 0 aliphatic carbocycles. The number of pyridine rings is 1. The van der Waals surface area contributed by atoms with Crippen molar-refractivity contribution in [2.24, 2.45) is 0 Å². The topological polar surface area (TPSA) is 110 Å². The van der Waals surface area contributed by atoms with E-state index in [2.05, 4.69) is 10.6 Å². The van der Waals surface area contributed by atoms with E-state index in [1.54, 1.807) is 36.4 Å². The number of fused-ring (bicyclic) bond motifs is 1. The third-order valence-electron chi connectivity index (χ3n) is 7.16. The smallest absolute Gasteiger partial charge is 0.356 e. The number of hydrogen-bond donors (Lipinski definition) is 3. The molecule has 1 aromatic heterocycles. The fourth-order valence-electron chi connectivity index (χ4n) is 4.99. The van der Waals surface area contributed by atoms with Gasteiger partial charge in [0.1, 0.15) is 35.4 Å². The van der Waals surface area contributed by atoms with Crippen LogP contribution in [0.5, 0.6) is 5.75 Å². The Morgan fingerprint density at radius 3 is 2.42 bits per heavy atom. The lowest BCUT2D eigenvalue weighted by molar-refractivity contribution is 0.0673. The second-order valence-electron chi connectivity index (χ2n) is 9.91. The number of hydrogen-bond acceptors (Lipinski definition) is 5. The van der Waals surface area contributed by atoms with Crippen LogP contribution >= 0.6 is 0 Å². The van der Waals surface area contributed by atoms with Gasteiger partial charge in [-0.1, -0.05) is 36.4 Å². The molecule has 4 aromatic rings. The largest absolute Gasteiger partial charge is 0.482 e. The maximum Gasteiger partial charge on any atom is 0.356 e. The molecule has 3 N–H and O–H groups in total. The van der Waals surface area contributed by atoms with Crippen molar-refractivity contribution in [3.8, 4) is 5.75 Å². The van der Waals surface area contributed by atoms with E-state index in [1.807, 2.05) is 0 Å². The van der Waals surface area contributed by atoms with Gasteiger partial charge < -0.3 is 25.0 Å². The van der Waals surface area contributed by atoms with Crippen molar-refractivity contribution in [1.29, 1.82) is 0 Å². The fraction of sp³-hybridized carbons (Fsp3) is 0.194. The van der Waals surface area contributed by atoms with Gasteiger partial charge in [0.25, 0.3) is 5.91 Å². The number of nitrogens with zero attached hydrogens (tertiary/aromatic N) is 1. The summed E-state index contributed by atoms with van der Waals surface area (Å²) in [5, 5.41) is 15.6. The molecule has 8 nitrogen and oxygen atoms in total. The van der Waals surface area contributed by atoms with E-state index < -0.39 is 75.7 Å². The van der Waals surface area contributed by atoms with Crippen LogP contribution < -0.4 is 20.8 Å². The van der Waals surface area contributed by atoms with E-state index in [-0.39, 0.29) is 26.0 Å². The highest BCUT2D eigenvalue weighted by Crippen LogP contribution is 2.30. The zero-order valence-electron chi connectivity index (χ0n) is 22.5. The van der Waals surface area contributed by atoms with Gasteiger partial charge in [-0.05, 0) is 30.5 Å². The van der Waals surface area contributed by atoms with E-state index in [0.717, 1.165) is 6.20 Å². The number of benzene rings is 3. The summed E-state index contributed by atoms with van der Waals surface area (Å²) in [6.07, 6.45) is 1.50. The first-order valence-corrected chi connectivity index (χ1v) is 13.3.